The van der Waals surface area contributed by atoms with Crippen LogP contribution in [0, 0.1) is 0 Å². The Morgan fingerprint density at radius 1 is 1.50 bits per heavy atom. The zero-order valence-electron chi connectivity index (χ0n) is 7.38. The Morgan fingerprint density at radius 2 is 2.14 bits per heavy atom. The molecule has 0 radical (unpaired) electrons. The molecular formula is C7H11N5OS. The van der Waals surface area contributed by atoms with E-state index in [1.54, 1.807) is 0 Å². The van der Waals surface area contributed by atoms with E-state index in [1.165, 1.54) is 24.2 Å². The van der Waals surface area contributed by atoms with Crippen molar-refractivity contribution in [1.29, 1.82) is 0 Å². The predicted molar refractivity (Wildman–Crippen MR) is 54.3 cm³/mol. The summed E-state index contributed by atoms with van der Waals surface area (Å²) < 4.78 is 0. The number of nitrogens with two attached hydrogens (primary N) is 3. The molecular weight excluding hydrogens is 202 g/mol. The Morgan fingerprint density at radius 3 is 2.71 bits per heavy atom. The lowest BCUT2D eigenvalue weighted by Gasteiger charge is -2.06. The molecule has 0 aliphatic rings. The molecule has 0 spiro atoms. The van der Waals surface area contributed by atoms with E-state index in [-0.39, 0.29) is 0 Å². The van der Waals surface area contributed by atoms with Crippen LogP contribution in [0.4, 0.5) is 5.82 Å². The Kier molecular flexibility index (Phi) is 3.66. The van der Waals surface area contributed by atoms with Crippen LogP contribution in [-0.2, 0) is 4.79 Å². The molecule has 1 aromatic heterocycles. The van der Waals surface area contributed by atoms with Crippen molar-refractivity contribution >= 4 is 23.5 Å². The normalized spacial score (nSPS) is 12.4. The molecule has 0 saturated heterocycles. The fourth-order valence-corrected chi connectivity index (χ4v) is 1.54. The molecule has 0 fully saturated rings. The SMILES string of the molecule is NC(=O)C(N)CSc1nccnc1N. The van der Waals surface area contributed by atoms with Crippen LogP contribution in [0.15, 0.2) is 17.4 Å². The molecule has 6 nitrogen and oxygen atoms in total. The molecule has 1 atom stereocenters. The molecule has 14 heavy (non-hydrogen) atoms. The van der Waals surface area contributed by atoms with Crippen LogP contribution in [0.3, 0.4) is 0 Å². The highest BCUT2D eigenvalue weighted by Crippen LogP contribution is 2.19. The number of amides is 1. The van der Waals surface area contributed by atoms with Gasteiger partial charge in [0.1, 0.15) is 5.03 Å². The molecule has 1 rings (SSSR count). The first-order chi connectivity index (χ1) is 6.61. The van der Waals surface area contributed by atoms with Crippen LogP contribution in [-0.4, -0.2) is 27.7 Å². The molecule has 0 aliphatic heterocycles. The van der Waals surface area contributed by atoms with Gasteiger partial charge >= 0.3 is 0 Å². The molecule has 0 aliphatic carbocycles. The Balaban J connectivity index is 2.54. The second kappa shape index (κ2) is 4.77. The van der Waals surface area contributed by atoms with Crippen LogP contribution in [0.2, 0.25) is 0 Å². The third-order valence-electron chi connectivity index (χ3n) is 1.46. The van der Waals surface area contributed by atoms with Gasteiger partial charge in [-0.15, -0.1) is 11.8 Å². The van der Waals surface area contributed by atoms with Crippen LogP contribution >= 0.6 is 11.8 Å². The first kappa shape index (κ1) is 10.7. The highest BCUT2D eigenvalue weighted by Gasteiger charge is 2.11. The van der Waals surface area contributed by atoms with E-state index in [4.69, 9.17) is 17.2 Å². The summed E-state index contributed by atoms with van der Waals surface area (Å²) in [6.45, 7) is 0. The van der Waals surface area contributed by atoms with E-state index >= 15 is 0 Å². The van der Waals surface area contributed by atoms with Crippen LogP contribution < -0.4 is 17.2 Å². The average molecular weight is 213 g/mol. The van der Waals surface area contributed by atoms with Gasteiger partial charge in [0.15, 0.2) is 5.82 Å². The number of hydrogen-bond donors (Lipinski definition) is 3. The highest BCUT2D eigenvalue weighted by molar-refractivity contribution is 7.99. The predicted octanol–water partition coefficient (Wildman–Crippen LogP) is -1.04. The van der Waals surface area contributed by atoms with E-state index in [0.29, 0.717) is 16.6 Å². The third kappa shape index (κ3) is 2.86. The summed E-state index contributed by atoms with van der Waals surface area (Å²) >= 11 is 1.26. The second-order valence-electron chi connectivity index (χ2n) is 2.57. The van der Waals surface area contributed by atoms with Crippen LogP contribution in [0.25, 0.3) is 0 Å². The molecule has 0 bridgehead atoms. The van der Waals surface area contributed by atoms with Crippen molar-refractivity contribution in [3.8, 4) is 0 Å². The number of nitrogens with zero attached hydrogens (tertiary/aromatic N) is 2. The van der Waals surface area contributed by atoms with Gasteiger partial charge < -0.3 is 17.2 Å². The van der Waals surface area contributed by atoms with Gasteiger partial charge in [-0.3, -0.25) is 4.79 Å². The summed E-state index contributed by atoms with van der Waals surface area (Å²) in [4.78, 5) is 18.4. The number of primary amides is 1. The molecule has 1 unspecified atom stereocenters. The zero-order chi connectivity index (χ0) is 10.6. The number of carbonyl (C=O) groups excluding carboxylic acids is 1. The summed E-state index contributed by atoms with van der Waals surface area (Å²) in [6, 6.07) is -0.693. The van der Waals surface area contributed by atoms with Crippen molar-refractivity contribution in [3.63, 3.8) is 0 Å². The second-order valence-corrected chi connectivity index (χ2v) is 3.58. The van der Waals surface area contributed by atoms with Crippen LogP contribution in [0.1, 0.15) is 0 Å². The fraction of sp³-hybridized carbons (Fsp3) is 0.286. The minimum absolute atomic E-state index is 0.328. The van der Waals surface area contributed by atoms with Gasteiger partial charge in [-0.2, -0.15) is 0 Å². The Hall–Kier alpha value is -1.34. The van der Waals surface area contributed by atoms with Gasteiger partial charge in [-0.1, -0.05) is 0 Å². The summed E-state index contributed by atoms with van der Waals surface area (Å²) in [5.74, 6) is 0.132. The molecule has 7 heteroatoms. The third-order valence-corrected chi connectivity index (χ3v) is 2.57. The molecule has 6 N–H and O–H groups in total. The highest BCUT2D eigenvalue weighted by atomic mass is 32.2. The first-order valence-corrected chi connectivity index (χ1v) is 4.84. The molecule has 1 aromatic rings. The lowest BCUT2D eigenvalue weighted by atomic mass is 10.3. The van der Waals surface area contributed by atoms with Crippen LogP contribution in [0.5, 0.6) is 0 Å². The molecule has 0 aromatic carbocycles. The molecule has 76 valence electrons. The molecule has 1 amide bonds. The number of aromatic nitrogens is 2. The summed E-state index contributed by atoms with van der Waals surface area (Å²) in [6.07, 6.45) is 3.02. The van der Waals surface area contributed by atoms with E-state index in [0.717, 1.165) is 0 Å². The minimum atomic E-state index is -0.693. The number of hydrogen-bond acceptors (Lipinski definition) is 6. The quantitative estimate of drug-likeness (QED) is 0.549. The number of nitrogen functional groups attached to an aromatic ring is 1. The monoisotopic (exact) mass is 213 g/mol. The summed E-state index contributed by atoms with van der Waals surface area (Å²) in [5.41, 5.74) is 16.0. The van der Waals surface area contributed by atoms with E-state index in [9.17, 15) is 4.79 Å². The lowest BCUT2D eigenvalue weighted by Crippen LogP contribution is -2.38. The topological polar surface area (TPSA) is 121 Å². The first-order valence-electron chi connectivity index (χ1n) is 3.85. The number of carbonyl (C=O) groups is 1. The maximum absolute atomic E-state index is 10.6. The largest absolute Gasteiger partial charge is 0.381 e. The molecule has 1 heterocycles. The standard InChI is InChI=1S/C7H11N5OS/c8-4(6(10)13)3-14-7-5(9)11-1-2-12-7/h1-2,4H,3,8H2,(H2,9,11)(H2,10,13). The Labute approximate surface area is 85.3 Å². The maximum Gasteiger partial charge on any atom is 0.235 e. The summed E-state index contributed by atoms with van der Waals surface area (Å²) in [5, 5.41) is 0.559. The van der Waals surface area contributed by atoms with E-state index in [1.807, 2.05) is 0 Å². The number of anilines is 1. The van der Waals surface area contributed by atoms with Gasteiger partial charge in [-0.05, 0) is 0 Å². The Bertz CT molecular complexity index is 332. The fourth-order valence-electron chi connectivity index (χ4n) is 0.698. The van der Waals surface area contributed by atoms with Crippen molar-refractivity contribution in [2.45, 2.75) is 11.1 Å². The minimum Gasteiger partial charge on any atom is -0.381 e. The van der Waals surface area contributed by atoms with Gasteiger partial charge in [-0.25, -0.2) is 9.97 Å². The maximum atomic E-state index is 10.6. The summed E-state index contributed by atoms with van der Waals surface area (Å²) in [7, 11) is 0. The van der Waals surface area contributed by atoms with Crippen molar-refractivity contribution < 1.29 is 4.79 Å². The van der Waals surface area contributed by atoms with E-state index in [2.05, 4.69) is 9.97 Å². The van der Waals surface area contributed by atoms with Crippen molar-refractivity contribution in [1.82, 2.24) is 9.97 Å². The number of rotatable bonds is 4. The van der Waals surface area contributed by atoms with Crippen molar-refractivity contribution in [2.75, 3.05) is 11.5 Å². The van der Waals surface area contributed by atoms with Crippen molar-refractivity contribution in [2.24, 2.45) is 11.5 Å². The average Bonchev–Trinajstić information content (AvgIpc) is 2.16. The van der Waals surface area contributed by atoms with Gasteiger partial charge in [0.25, 0.3) is 0 Å². The molecule has 0 saturated carbocycles. The number of thioether (sulfide) groups is 1. The lowest BCUT2D eigenvalue weighted by molar-refractivity contribution is -0.118. The van der Waals surface area contributed by atoms with Crippen molar-refractivity contribution in [3.05, 3.63) is 12.4 Å². The smallest absolute Gasteiger partial charge is 0.235 e. The zero-order valence-corrected chi connectivity index (χ0v) is 8.20. The van der Waals surface area contributed by atoms with Gasteiger partial charge in [0.05, 0.1) is 6.04 Å². The van der Waals surface area contributed by atoms with E-state index < -0.39 is 11.9 Å². The van der Waals surface area contributed by atoms with Gasteiger partial charge in [0, 0.05) is 18.1 Å². The van der Waals surface area contributed by atoms with Gasteiger partial charge in [0.2, 0.25) is 5.91 Å².